The molecule has 1 fully saturated rings. The number of hydrogen-bond acceptors (Lipinski definition) is 5. The summed E-state index contributed by atoms with van der Waals surface area (Å²) in [6.45, 7) is 6.34. The van der Waals surface area contributed by atoms with Crippen molar-refractivity contribution in [2.75, 3.05) is 56.2 Å². The van der Waals surface area contributed by atoms with Gasteiger partial charge < -0.3 is 36.8 Å². The molecule has 3 rings (SSSR count). The molecule has 0 aromatic heterocycles. The smallest absolute Gasteiger partial charge is 0.411 e. The van der Waals surface area contributed by atoms with Crippen molar-refractivity contribution in [1.29, 1.82) is 0 Å². The molecule has 1 aliphatic rings. The molecule has 0 radical (unpaired) electrons. The van der Waals surface area contributed by atoms with Crippen LogP contribution >= 0.6 is 0 Å². The predicted molar refractivity (Wildman–Crippen MR) is 117 cm³/mol. The van der Waals surface area contributed by atoms with Crippen molar-refractivity contribution in [3.05, 3.63) is 54.3 Å². The van der Waals surface area contributed by atoms with Gasteiger partial charge in [-0.15, -0.1) is 0 Å². The molecule has 0 aliphatic carbocycles. The van der Waals surface area contributed by atoms with Crippen LogP contribution in [-0.4, -0.2) is 63.2 Å². The van der Waals surface area contributed by atoms with Gasteiger partial charge in [0, 0.05) is 5.69 Å². The molecule has 1 heterocycles. The van der Waals surface area contributed by atoms with Crippen LogP contribution in [0.2, 0.25) is 0 Å². The van der Waals surface area contributed by atoms with Gasteiger partial charge in [-0.05, 0) is 42.8 Å². The van der Waals surface area contributed by atoms with E-state index in [4.69, 9.17) is 9.47 Å². The van der Waals surface area contributed by atoms with Crippen LogP contribution in [-0.2, 0) is 4.74 Å². The van der Waals surface area contributed by atoms with E-state index in [-0.39, 0.29) is 24.8 Å². The van der Waals surface area contributed by atoms with Gasteiger partial charge in [0.1, 0.15) is 30.8 Å². The Bertz CT molecular complexity index is 832. The highest BCUT2D eigenvalue weighted by Gasteiger charge is 2.23. The highest BCUT2D eigenvalue weighted by molar-refractivity contribution is 5.86. The Balaban J connectivity index is 0.00000363. The molecule has 1 unspecified atom stereocenters. The summed E-state index contributed by atoms with van der Waals surface area (Å²) in [7, 11) is 0. The maximum atomic E-state index is 13.1. The minimum atomic E-state index is -0.746. The molecule has 0 bridgehead atoms. The van der Waals surface area contributed by atoms with Gasteiger partial charge in [0.2, 0.25) is 0 Å². The zero-order valence-corrected chi connectivity index (χ0v) is 19.0. The zero-order valence-electron chi connectivity index (χ0n) is 18.2. The zero-order chi connectivity index (χ0) is 22.1. The number of halogens is 2. The van der Waals surface area contributed by atoms with Gasteiger partial charge >= 0.3 is 6.09 Å². The van der Waals surface area contributed by atoms with Crippen molar-refractivity contribution in [2.24, 2.45) is 0 Å². The first-order valence-corrected chi connectivity index (χ1v) is 10.7. The number of carbonyl (C=O) groups excluding carboxylic acids is 1. The SMILES string of the molecule is CCCOc1ccccc1NC(=O)OCC(O)C[NH+]1CCN(c2ccc(F)cc2)CC1.[Cl-]. The fourth-order valence-corrected chi connectivity index (χ4v) is 3.56. The number of aliphatic hydroxyl groups is 1. The quantitative estimate of drug-likeness (QED) is 0.438. The van der Waals surface area contributed by atoms with E-state index in [9.17, 15) is 14.3 Å². The summed E-state index contributed by atoms with van der Waals surface area (Å²) in [6.07, 6.45) is -0.502. The van der Waals surface area contributed by atoms with Gasteiger partial charge in [0.05, 0.1) is 38.5 Å². The largest absolute Gasteiger partial charge is 1.00 e. The molecular weight excluding hydrogens is 437 g/mol. The van der Waals surface area contributed by atoms with Crippen LogP contribution in [0.3, 0.4) is 0 Å². The molecule has 1 amide bonds. The number of quaternary nitrogens is 1. The first kappa shape index (κ1) is 25.7. The third-order valence-electron chi connectivity index (χ3n) is 5.18. The second kappa shape index (κ2) is 13.1. The number of hydrogen-bond donors (Lipinski definition) is 3. The number of benzene rings is 2. The number of rotatable bonds is 9. The lowest BCUT2D eigenvalue weighted by Crippen LogP contribution is -3.16. The summed E-state index contributed by atoms with van der Waals surface area (Å²) >= 11 is 0. The molecule has 1 atom stereocenters. The van der Waals surface area contributed by atoms with Crippen molar-refractivity contribution in [1.82, 2.24) is 0 Å². The molecule has 176 valence electrons. The van der Waals surface area contributed by atoms with E-state index in [1.807, 2.05) is 13.0 Å². The lowest BCUT2D eigenvalue weighted by atomic mass is 10.2. The van der Waals surface area contributed by atoms with Crippen LogP contribution < -0.4 is 32.3 Å². The predicted octanol–water partition coefficient (Wildman–Crippen LogP) is -1.07. The lowest BCUT2D eigenvalue weighted by molar-refractivity contribution is -0.903. The Labute approximate surface area is 194 Å². The number of aliphatic hydroxyl groups excluding tert-OH is 1. The molecule has 1 aliphatic heterocycles. The maximum absolute atomic E-state index is 13.1. The third kappa shape index (κ3) is 7.85. The highest BCUT2D eigenvalue weighted by Crippen LogP contribution is 2.24. The highest BCUT2D eigenvalue weighted by atomic mass is 35.5. The monoisotopic (exact) mass is 467 g/mol. The number of anilines is 2. The van der Waals surface area contributed by atoms with Gasteiger partial charge in [-0.3, -0.25) is 5.32 Å². The molecule has 9 heteroatoms. The summed E-state index contributed by atoms with van der Waals surface area (Å²) < 4.78 is 23.9. The second-order valence-corrected chi connectivity index (χ2v) is 7.64. The van der Waals surface area contributed by atoms with Crippen LogP contribution in [0.25, 0.3) is 0 Å². The van der Waals surface area contributed by atoms with Gasteiger partial charge in [0.25, 0.3) is 0 Å². The first-order chi connectivity index (χ1) is 15.0. The number of nitrogens with zero attached hydrogens (tertiary/aromatic N) is 1. The fraction of sp³-hybridized carbons (Fsp3) is 0.435. The molecule has 0 spiro atoms. The Kier molecular flexibility index (Phi) is 10.5. The topological polar surface area (TPSA) is 75.5 Å². The summed E-state index contributed by atoms with van der Waals surface area (Å²) in [5.41, 5.74) is 1.54. The van der Waals surface area contributed by atoms with Crippen molar-refractivity contribution in [2.45, 2.75) is 19.4 Å². The molecule has 0 saturated carbocycles. The van der Waals surface area contributed by atoms with Crippen molar-refractivity contribution in [3.63, 3.8) is 0 Å². The van der Waals surface area contributed by atoms with Crippen molar-refractivity contribution in [3.8, 4) is 5.75 Å². The maximum Gasteiger partial charge on any atom is 0.411 e. The van der Waals surface area contributed by atoms with Crippen LogP contribution in [0.5, 0.6) is 5.75 Å². The number of ether oxygens (including phenoxy) is 2. The molecule has 1 saturated heterocycles. The average molecular weight is 468 g/mol. The van der Waals surface area contributed by atoms with Crippen LogP contribution in [0, 0.1) is 5.82 Å². The number of carbonyl (C=O) groups is 1. The van der Waals surface area contributed by atoms with E-state index in [1.165, 1.54) is 17.0 Å². The first-order valence-electron chi connectivity index (χ1n) is 10.7. The van der Waals surface area contributed by atoms with Crippen LogP contribution in [0.4, 0.5) is 20.6 Å². The fourth-order valence-electron chi connectivity index (χ4n) is 3.56. The van der Waals surface area contributed by atoms with E-state index in [1.54, 1.807) is 30.3 Å². The van der Waals surface area contributed by atoms with E-state index >= 15 is 0 Å². The van der Waals surface area contributed by atoms with E-state index < -0.39 is 12.2 Å². The van der Waals surface area contributed by atoms with Gasteiger partial charge in [-0.25, -0.2) is 9.18 Å². The number of piperazine rings is 1. The van der Waals surface area contributed by atoms with E-state index in [2.05, 4.69) is 10.2 Å². The molecule has 3 N–H and O–H groups in total. The number of nitrogens with one attached hydrogen (secondary N) is 2. The molecule has 2 aromatic rings. The summed E-state index contributed by atoms with van der Waals surface area (Å²) in [5, 5.41) is 13.0. The molecular formula is C23H31ClFN3O4. The summed E-state index contributed by atoms with van der Waals surface area (Å²) in [5.74, 6) is 0.350. The summed E-state index contributed by atoms with van der Waals surface area (Å²) in [6, 6.07) is 13.7. The molecule has 7 nitrogen and oxygen atoms in total. The van der Waals surface area contributed by atoms with Crippen LogP contribution in [0.1, 0.15) is 13.3 Å². The van der Waals surface area contributed by atoms with Gasteiger partial charge in [-0.2, -0.15) is 0 Å². The molecule has 2 aromatic carbocycles. The Morgan fingerprint density at radius 3 is 2.56 bits per heavy atom. The van der Waals surface area contributed by atoms with Crippen LogP contribution in [0.15, 0.2) is 48.5 Å². The Hall–Kier alpha value is -2.55. The second-order valence-electron chi connectivity index (χ2n) is 7.64. The standard InChI is InChI=1S/C23H30FN3O4.ClH/c1-2-15-30-22-6-4-3-5-21(22)25-23(29)31-17-20(28)16-26-11-13-27(14-12-26)19-9-7-18(24)8-10-19;/h3-10,20,28H,2,11-17H2,1H3,(H,25,29);1H. The average Bonchev–Trinajstić information content (AvgIpc) is 2.78. The Morgan fingerprint density at radius 2 is 1.88 bits per heavy atom. The van der Waals surface area contributed by atoms with E-state index in [0.717, 1.165) is 38.3 Å². The molecule has 32 heavy (non-hydrogen) atoms. The number of para-hydroxylation sites is 2. The van der Waals surface area contributed by atoms with Gasteiger partial charge in [-0.1, -0.05) is 19.1 Å². The number of amides is 1. The van der Waals surface area contributed by atoms with Gasteiger partial charge in [0.15, 0.2) is 0 Å². The normalized spacial score (nSPS) is 14.9. The summed E-state index contributed by atoms with van der Waals surface area (Å²) in [4.78, 5) is 15.6. The van der Waals surface area contributed by atoms with Crippen molar-refractivity contribution < 1.29 is 41.1 Å². The minimum absolute atomic E-state index is 0. The minimum Gasteiger partial charge on any atom is -1.00 e. The third-order valence-corrected chi connectivity index (χ3v) is 5.18. The van der Waals surface area contributed by atoms with Crippen molar-refractivity contribution >= 4 is 17.5 Å². The Morgan fingerprint density at radius 1 is 1.19 bits per heavy atom. The lowest BCUT2D eigenvalue weighted by Gasteiger charge is -2.34. The van der Waals surface area contributed by atoms with E-state index in [0.29, 0.717) is 24.6 Å².